The Morgan fingerprint density at radius 2 is 1.68 bits per heavy atom. The molecule has 0 fully saturated rings. The fourth-order valence-corrected chi connectivity index (χ4v) is 7.43. The molecule has 1 amide bonds. The van der Waals surface area contributed by atoms with Crippen molar-refractivity contribution >= 4 is 61.7 Å². The van der Waals surface area contributed by atoms with E-state index in [1.165, 1.54) is 44.3 Å². The summed E-state index contributed by atoms with van der Waals surface area (Å²) < 4.78 is 6.53. The number of aromatic nitrogens is 2. The van der Waals surface area contributed by atoms with Crippen LogP contribution in [0.3, 0.4) is 0 Å². The van der Waals surface area contributed by atoms with Crippen molar-refractivity contribution < 1.29 is 19.1 Å². The van der Waals surface area contributed by atoms with Crippen molar-refractivity contribution in [3.05, 3.63) is 131 Å². The van der Waals surface area contributed by atoms with E-state index in [1.807, 2.05) is 60.7 Å². The molecule has 3 heterocycles. The van der Waals surface area contributed by atoms with E-state index in [2.05, 4.69) is 48.3 Å². The second-order valence-electron chi connectivity index (χ2n) is 10.9. The highest BCUT2D eigenvalue weighted by molar-refractivity contribution is 8.00. The number of hydrogen-bond acceptors (Lipinski definition) is 8. The van der Waals surface area contributed by atoms with Crippen molar-refractivity contribution in [1.82, 2.24) is 10.2 Å². The number of thioether (sulfide) groups is 1. The quantitative estimate of drug-likeness (QED) is 0.104. The smallest absolute Gasteiger partial charge is 0.296 e. The lowest BCUT2D eigenvalue weighted by atomic mass is 9.93. The summed E-state index contributed by atoms with van der Waals surface area (Å²) in [6.07, 6.45) is 0. The van der Waals surface area contributed by atoms with E-state index in [1.54, 1.807) is 12.1 Å². The molecule has 1 aliphatic heterocycles. The van der Waals surface area contributed by atoms with Gasteiger partial charge in [0.1, 0.15) is 5.58 Å². The molecule has 7 rings (SSSR count). The number of aliphatic hydroxyl groups excluding tert-OH is 1. The average Bonchev–Trinajstić information content (AvgIpc) is 3.76. The normalized spacial score (nSPS) is 15.3. The van der Waals surface area contributed by atoms with Gasteiger partial charge in [0.15, 0.2) is 15.9 Å². The number of nitrogens with zero attached hydrogens (tertiary/aromatic N) is 3. The number of furan rings is 1. The summed E-state index contributed by atoms with van der Waals surface area (Å²) in [5.41, 5.74) is 3.46. The van der Waals surface area contributed by atoms with E-state index >= 15 is 0 Å². The Morgan fingerprint density at radius 1 is 0.955 bits per heavy atom. The number of para-hydroxylation sites is 1. The number of amides is 1. The largest absolute Gasteiger partial charge is 0.503 e. The molecule has 6 aromatic rings. The highest BCUT2D eigenvalue weighted by Gasteiger charge is 2.46. The number of carbonyl (C=O) groups is 2. The first-order chi connectivity index (χ1) is 21.4. The number of carbonyl (C=O) groups excluding carboxylic acids is 2. The number of benzene rings is 4. The molecule has 0 saturated carbocycles. The van der Waals surface area contributed by atoms with Gasteiger partial charge in [0.2, 0.25) is 10.9 Å². The summed E-state index contributed by atoms with van der Waals surface area (Å²) in [6, 6.07) is 30.2. The molecule has 218 valence electrons. The molecular weight excluding hydrogens is 591 g/mol. The molecule has 4 aromatic carbocycles. The van der Waals surface area contributed by atoms with Crippen molar-refractivity contribution in [1.29, 1.82) is 0 Å². The lowest BCUT2D eigenvalue weighted by Crippen LogP contribution is -2.31. The van der Waals surface area contributed by atoms with Crippen molar-refractivity contribution in [3.8, 4) is 0 Å². The van der Waals surface area contributed by atoms with Crippen LogP contribution in [0.25, 0.3) is 21.7 Å². The Hall–Kier alpha value is -4.73. The van der Waals surface area contributed by atoms with Crippen LogP contribution in [0.1, 0.15) is 53.1 Å². The summed E-state index contributed by atoms with van der Waals surface area (Å²) in [7, 11) is 0. The standard InChI is InChI=1S/C35H27N3O4S2/c1-20(2)21-14-16-23(17-15-21)30-29(31(39)28-18-24-9-4-6-13-27(24)42-28)32(40)33(41)38(30)34-36-37-35(44-34)43-19-25-11-7-10-22-8-3-5-12-26(22)25/h3-18,20,30,40H,19H2,1-2H3/t30-/m1/s1. The van der Waals surface area contributed by atoms with Crippen molar-refractivity contribution in [2.45, 2.75) is 35.9 Å². The minimum atomic E-state index is -0.909. The maximum absolute atomic E-state index is 14.0. The van der Waals surface area contributed by atoms with Gasteiger partial charge in [-0.2, -0.15) is 0 Å². The maximum atomic E-state index is 14.0. The molecule has 2 aromatic heterocycles. The van der Waals surface area contributed by atoms with Gasteiger partial charge in [-0.3, -0.25) is 14.5 Å². The van der Waals surface area contributed by atoms with E-state index < -0.39 is 23.5 Å². The van der Waals surface area contributed by atoms with Crippen LogP contribution in [-0.2, 0) is 10.5 Å². The van der Waals surface area contributed by atoms with E-state index in [0.29, 0.717) is 32.3 Å². The summed E-state index contributed by atoms with van der Waals surface area (Å²) >= 11 is 2.78. The number of hydrogen-bond donors (Lipinski definition) is 1. The van der Waals surface area contributed by atoms with Gasteiger partial charge >= 0.3 is 0 Å². The molecule has 1 N–H and O–H groups in total. The number of rotatable bonds is 8. The predicted octanol–water partition coefficient (Wildman–Crippen LogP) is 8.64. The maximum Gasteiger partial charge on any atom is 0.296 e. The Kier molecular flexibility index (Phi) is 7.27. The third kappa shape index (κ3) is 4.98. The molecule has 0 aliphatic carbocycles. The first kappa shape index (κ1) is 28.1. The van der Waals surface area contributed by atoms with Crippen molar-refractivity contribution in [2.24, 2.45) is 0 Å². The predicted molar refractivity (Wildman–Crippen MR) is 174 cm³/mol. The lowest BCUT2D eigenvalue weighted by molar-refractivity contribution is -0.117. The Bertz CT molecular complexity index is 2040. The van der Waals surface area contributed by atoms with Gasteiger partial charge in [-0.15, -0.1) is 10.2 Å². The van der Waals surface area contributed by atoms with Crippen molar-refractivity contribution in [3.63, 3.8) is 0 Å². The first-order valence-electron chi connectivity index (χ1n) is 14.2. The molecule has 1 atom stereocenters. The minimum Gasteiger partial charge on any atom is -0.503 e. The molecule has 1 aliphatic rings. The Labute approximate surface area is 261 Å². The molecule has 0 saturated heterocycles. The zero-order chi connectivity index (χ0) is 30.4. The van der Waals surface area contributed by atoms with Crippen LogP contribution >= 0.6 is 23.1 Å². The number of aliphatic hydroxyl groups is 1. The van der Waals surface area contributed by atoms with E-state index in [-0.39, 0.29) is 11.3 Å². The van der Waals surface area contributed by atoms with Crippen LogP contribution in [-0.4, -0.2) is 27.0 Å². The monoisotopic (exact) mass is 617 g/mol. The zero-order valence-corrected chi connectivity index (χ0v) is 25.6. The van der Waals surface area contributed by atoms with Gasteiger partial charge in [-0.25, -0.2) is 0 Å². The van der Waals surface area contributed by atoms with Gasteiger partial charge in [-0.05, 0) is 45.5 Å². The van der Waals surface area contributed by atoms with Crippen LogP contribution in [0.5, 0.6) is 0 Å². The third-order valence-electron chi connectivity index (χ3n) is 7.85. The summed E-state index contributed by atoms with van der Waals surface area (Å²) in [4.78, 5) is 29.0. The Balaban J connectivity index is 1.24. The lowest BCUT2D eigenvalue weighted by Gasteiger charge is -2.24. The number of anilines is 1. The molecule has 0 unspecified atom stereocenters. The number of Topliss-reactive ketones (excluding diaryl/α,β-unsaturated/α-hetero) is 1. The van der Waals surface area contributed by atoms with Crippen molar-refractivity contribution in [2.75, 3.05) is 4.90 Å². The topological polar surface area (TPSA) is 96.5 Å². The fourth-order valence-electron chi connectivity index (χ4n) is 5.56. The van der Waals surface area contributed by atoms with E-state index in [4.69, 9.17) is 4.42 Å². The van der Waals surface area contributed by atoms with Crippen LogP contribution in [0.15, 0.2) is 117 Å². The molecule has 0 spiro atoms. The molecule has 7 nitrogen and oxygen atoms in total. The average molecular weight is 618 g/mol. The van der Waals surface area contributed by atoms with Gasteiger partial charge in [0.05, 0.1) is 11.6 Å². The van der Waals surface area contributed by atoms with Crippen LogP contribution < -0.4 is 4.90 Å². The second-order valence-corrected chi connectivity index (χ2v) is 13.1. The zero-order valence-electron chi connectivity index (χ0n) is 23.9. The highest BCUT2D eigenvalue weighted by Crippen LogP contribution is 2.44. The Morgan fingerprint density at radius 3 is 2.45 bits per heavy atom. The first-order valence-corrected chi connectivity index (χ1v) is 16.0. The van der Waals surface area contributed by atoms with Crippen LogP contribution in [0, 0.1) is 0 Å². The summed E-state index contributed by atoms with van der Waals surface area (Å²) in [5, 5.41) is 23.3. The summed E-state index contributed by atoms with van der Waals surface area (Å²) in [6.45, 7) is 4.20. The van der Waals surface area contributed by atoms with Crippen LogP contribution in [0.4, 0.5) is 5.13 Å². The van der Waals surface area contributed by atoms with Crippen LogP contribution in [0.2, 0.25) is 0 Å². The summed E-state index contributed by atoms with van der Waals surface area (Å²) in [5.74, 6) is -0.853. The minimum absolute atomic E-state index is 0.0495. The van der Waals surface area contributed by atoms with Gasteiger partial charge in [0, 0.05) is 11.1 Å². The SMILES string of the molecule is CC(C)c1ccc([C@@H]2C(C(=O)c3cc4ccccc4o3)=C(O)C(=O)N2c2nnc(SCc3cccc4ccccc34)s2)cc1. The number of ketones is 1. The molecule has 44 heavy (non-hydrogen) atoms. The molecule has 9 heteroatoms. The van der Waals surface area contributed by atoms with Gasteiger partial charge < -0.3 is 9.52 Å². The number of fused-ring (bicyclic) bond motifs is 2. The van der Waals surface area contributed by atoms with Gasteiger partial charge in [0.25, 0.3) is 5.91 Å². The molecule has 0 radical (unpaired) electrons. The fraction of sp³-hybridized carbons (Fsp3) is 0.143. The highest BCUT2D eigenvalue weighted by atomic mass is 32.2. The van der Waals surface area contributed by atoms with E-state index in [9.17, 15) is 14.7 Å². The molecular formula is C35H27N3O4S2. The third-order valence-corrected chi connectivity index (χ3v) is 9.96. The van der Waals surface area contributed by atoms with Gasteiger partial charge in [-0.1, -0.05) is 122 Å². The van der Waals surface area contributed by atoms with E-state index in [0.717, 1.165) is 10.9 Å². The second kappa shape index (κ2) is 11.4. The molecule has 0 bridgehead atoms.